The second-order valence-corrected chi connectivity index (χ2v) is 8.63. The normalized spacial score (nSPS) is 16.2. The monoisotopic (exact) mass is 442 g/mol. The van der Waals surface area contributed by atoms with E-state index in [1.807, 2.05) is 0 Å². The number of sulfone groups is 1. The van der Waals surface area contributed by atoms with Crippen LogP contribution in [0.4, 0.5) is 10.2 Å². The maximum atomic E-state index is 13.4. The molecule has 158 valence electrons. The van der Waals surface area contributed by atoms with Crippen molar-refractivity contribution in [1.82, 2.24) is 4.98 Å². The molecule has 29 heavy (non-hydrogen) atoms. The Morgan fingerprint density at radius 3 is 2.72 bits per heavy atom. The topological polar surface area (TPSA) is 94.6 Å². The lowest BCUT2D eigenvalue weighted by Crippen LogP contribution is -2.18. The SMILES string of the molecule is COc1ccc(S(=O)(=O)C[C@H]2CCOC2)cc1C(=O)Nc1ccc(F)c(C)n1.S. The van der Waals surface area contributed by atoms with E-state index in [1.54, 1.807) is 0 Å². The maximum absolute atomic E-state index is 13.4. The van der Waals surface area contributed by atoms with E-state index in [0.717, 1.165) is 0 Å². The Kier molecular flexibility index (Phi) is 7.61. The third kappa shape index (κ3) is 5.46. The Morgan fingerprint density at radius 1 is 1.34 bits per heavy atom. The van der Waals surface area contributed by atoms with Crippen molar-refractivity contribution in [2.24, 2.45) is 5.92 Å². The van der Waals surface area contributed by atoms with E-state index in [9.17, 15) is 17.6 Å². The summed E-state index contributed by atoms with van der Waals surface area (Å²) in [6.45, 7) is 2.45. The molecule has 2 aromatic rings. The summed E-state index contributed by atoms with van der Waals surface area (Å²) in [5.74, 6) is -0.812. The van der Waals surface area contributed by atoms with Crippen LogP contribution in [0.5, 0.6) is 5.75 Å². The molecule has 0 bridgehead atoms. The van der Waals surface area contributed by atoms with E-state index < -0.39 is 21.6 Å². The summed E-state index contributed by atoms with van der Waals surface area (Å²) in [5.41, 5.74) is 0.190. The first-order chi connectivity index (χ1) is 13.3. The largest absolute Gasteiger partial charge is 0.496 e. The highest BCUT2D eigenvalue weighted by Gasteiger charge is 2.26. The average Bonchev–Trinajstić information content (AvgIpc) is 3.16. The zero-order chi connectivity index (χ0) is 20.3. The summed E-state index contributed by atoms with van der Waals surface area (Å²) < 4.78 is 49.2. The predicted octanol–water partition coefficient (Wildman–Crippen LogP) is 2.71. The maximum Gasteiger partial charge on any atom is 0.260 e. The number of nitrogens with one attached hydrogen (secondary N) is 1. The lowest BCUT2D eigenvalue weighted by Gasteiger charge is -2.13. The Balaban J connectivity index is 0.00000300. The average molecular weight is 443 g/mol. The number of ether oxygens (including phenoxy) is 2. The molecule has 1 aromatic carbocycles. The van der Waals surface area contributed by atoms with E-state index in [1.165, 1.54) is 44.4 Å². The summed E-state index contributed by atoms with van der Waals surface area (Å²) in [6, 6.07) is 6.67. The second kappa shape index (κ2) is 9.55. The van der Waals surface area contributed by atoms with E-state index in [0.29, 0.717) is 19.6 Å². The van der Waals surface area contributed by atoms with Crippen LogP contribution < -0.4 is 10.1 Å². The fraction of sp³-hybridized carbons (Fsp3) is 0.368. The third-order valence-electron chi connectivity index (χ3n) is 4.52. The number of carbonyl (C=O) groups is 1. The van der Waals surface area contributed by atoms with Crippen LogP contribution in [0.1, 0.15) is 22.5 Å². The molecule has 1 N–H and O–H groups in total. The number of carbonyl (C=O) groups excluding carboxylic acids is 1. The van der Waals surface area contributed by atoms with Gasteiger partial charge in [0.05, 0.1) is 35.6 Å². The van der Waals surface area contributed by atoms with Crippen molar-refractivity contribution in [3.8, 4) is 5.75 Å². The van der Waals surface area contributed by atoms with Gasteiger partial charge in [-0.25, -0.2) is 17.8 Å². The Bertz CT molecular complexity index is 992. The fourth-order valence-corrected chi connectivity index (χ4v) is 4.63. The summed E-state index contributed by atoms with van der Waals surface area (Å²) in [7, 11) is -2.21. The van der Waals surface area contributed by atoms with Gasteiger partial charge in [-0.2, -0.15) is 13.5 Å². The molecule has 2 heterocycles. The molecule has 1 fully saturated rings. The van der Waals surface area contributed by atoms with Crippen LogP contribution >= 0.6 is 13.5 Å². The zero-order valence-corrected chi connectivity index (χ0v) is 17.9. The van der Waals surface area contributed by atoms with Gasteiger partial charge in [-0.15, -0.1) is 0 Å². The Morgan fingerprint density at radius 2 is 2.10 bits per heavy atom. The number of aromatic nitrogens is 1. The molecular formula is C19H23FN2O5S2. The molecule has 1 aliphatic heterocycles. The number of hydrogen-bond acceptors (Lipinski definition) is 6. The molecule has 1 amide bonds. The molecule has 1 aromatic heterocycles. The first-order valence-electron chi connectivity index (χ1n) is 8.73. The van der Waals surface area contributed by atoms with Gasteiger partial charge < -0.3 is 14.8 Å². The standard InChI is InChI=1S/C19H21FN2O5S.H2S/c1-12-16(20)4-6-18(21-12)22-19(23)15-9-14(3-5-17(15)26-2)28(24,25)11-13-7-8-27-10-13;/h3-6,9,13H,7-8,10-11H2,1-2H3,(H,21,22,23);1H2/t13-;/m0./s1. The van der Waals surface area contributed by atoms with Gasteiger partial charge in [0.2, 0.25) is 0 Å². The van der Waals surface area contributed by atoms with Gasteiger partial charge in [-0.3, -0.25) is 4.79 Å². The highest BCUT2D eigenvalue weighted by Crippen LogP contribution is 2.26. The number of amides is 1. The number of halogens is 1. The smallest absolute Gasteiger partial charge is 0.260 e. The molecule has 7 nitrogen and oxygen atoms in total. The van der Waals surface area contributed by atoms with Crippen LogP contribution in [0.3, 0.4) is 0 Å². The van der Waals surface area contributed by atoms with Gasteiger partial charge in [-0.05, 0) is 49.6 Å². The summed E-state index contributed by atoms with van der Waals surface area (Å²) in [6.07, 6.45) is 0.693. The van der Waals surface area contributed by atoms with Crippen molar-refractivity contribution in [2.75, 3.05) is 31.4 Å². The summed E-state index contributed by atoms with van der Waals surface area (Å²) >= 11 is 0. The van der Waals surface area contributed by atoms with Crippen LogP contribution in [0, 0.1) is 18.7 Å². The number of methoxy groups -OCH3 is 1. The zero-order valence-electron chi connectivity index (χ0n) is 16.1. The van der Waals surface area contributed by atoms with Crippen LogP contribution in [0.2, 0.25) is 0 Å². The quantitative estimate of drug-likeness (QED) is 0.739. The van der Waals surface area contributed by atoms with Gasteiger partial charge in [0, 0.05) is 6.61 Å². The minimum absolute atomic E-state index is 0. The van der Waals surface area contributed by atoms with Crippen LogP contribution in [0.25, 0.3) is 0 Å². The van der Waals surface area contributed by atoms with E-state index >= 15 is 0 Å². The van der Waals surface area contributed by atoms with Gasteiger partial charge in [0.15, 0.2) is 9.84 Å². The number of nitrogens with zero attached hydrogens (tertiary/aromatic N) is 1. The molecule has 1 aliphatic rings. The van der Waals surface area contributed by atoms with Crippen LogP contribution in [-0.2, 0) is 14.6 Å². The van der Waals surface area contributed by atoms with Gasteiger partial charge in [0.25, 0.3) is 5.91 Å². The van der Waals surface area contributed by atoms with Crippen molar-refractivity contribution < 1.29 is 27.1 Å². The molecule has 10 heteroatoms. The molecule has 1 saturated heterocycles. The summed E-state index contributed by atoms with van der Waals surface area (Å²) in [5, 5.41) is 2.54. The molecule has 0 spiro atoms. The van der Waals surface area contributed by atoms with Crippen molar-refractivity contribution in [2.45, 2.75) is 18.2 Å². The predicted molar refractivity (Wildman–Crippen MR) is 111 cm³/mol. The lowest BCUT2D eigenvalue weighted by molar-refractivity contribution is 0.102. The second-order valence-electron chi connectivity index (χ2n) is 6.59. The Hall–Kier alpha value is -2.17. The number of pyridine rings is 1. The van der Waals surface area contributed by atoms with Gasteiger partial charge in [0.1, 0.15) is 17.4 Å². The minimum atomic E-state index is -3.59. The molecule has 0 unspecified atom stereocenters. The van der Waals surface area contributed by atoms with E-state index in [2.05, 4.69) is 10.3 Å². The number of anilines is 1. The Labute approximate surface area is 176 Å². The number of hydrogen-bond donors (Lipinski definition) is 1. The molecular weight excluding hydrogens is 419 g/mol. The van der Waals surface area contributed by atoms with Crippen molar-refractivity contribution in [3.63, 3.8) is 0 Å². The molecule has 1 atom stereocenters. The van der Waals surface area contributed by atoms with Gasteiger partial charge >= 0.3 is 0 Å². The van der Waals surface area contributed by atoms with Crippen molar-refractivity contribution in [1.29, 1.82) is 0 Å². The van der Waals surface area contributed by atoms with Crippen LogP contribution in [-0.4, -0.2) is 45.4 Å². The minimum Gasteiger partial charge on any atom is -0.496 e. The van der Waals surface area contributed by atoms with Crippen molar-refractivity contribution in [3.05, 3.63) is 47.4 Å². The first kappa shape index (κ1) is 23.1. The van der Waals surface area contributed by atoms with E-state index in [-0.39, 0.29) is 52.9 Å². The highest BCUT2D eigenvalue weighted by molar-refractivity contribution is 7.91. The highest BCUT2D eigenvalue weighted by atomic mass is 32.2. The molecule has 0 saturated carbocycles. The van der Waals surface area contributed by atoms with Gasteiger partial charge in [-0.1, -0.05) is 0 Å². The van der Waals surface area contributed by atoms with E-state index in [4.69, 9.17) is 9.47 Å². The number of rotatable bonds is 6. The summed E-state index contributed by atoms with van der Waals surface area (Å²) in [4.78, 5) is 16.7. The van der Waals surface area contributed by atoms with Crippen LogP contribution in [0.15, 0.2) is 35.2 Å². The third-order valence-corrected chi connectivity index (χ3v) is 6.40. The molecule has 0 radical (unpaired) electrons. The fourth-order valence-electron chi connectivity index (χ4n) is 2.98. The number of aryl methyl sites for hydroxylation is 1. The molecule has 0 aliphatic carbocycles. The number of benzene rings is 1. The first-order valence-corrected chi connectivity index (χ1v) is 10.4. The lowest BCUT2D eigenvalue weighted by atomic mass is 10.2. The van der Waals surface area contributed by atoms with Crippen molar-refractivity contribution >= 4 is 35.1 Å². The molecule has 3 rings (SSSR count).